The smallest absolute Gasteiger partial charge is 0.345 e. The second kappa shape index (κ2) is 10.8. The Balaban J connectivity index is 1.56. The first-order valence-electron chi connectivity index (χ1n) is 10.5. The number of methoxy groups -OCH3 is 2. The largest absolute Gasteiger partial charge is 0.493 e. The molecular formula is C23H27N3O7. The van der Waals surface area contributed by atoms with Crippen LogP contribution in [0.3, 0.4) is 0 Å². The van der Waals surface area contributed by atoms with Crippen molar-refractivity contribution in [1.82, 2.24) is 9.80 Å². The molecule has 10 heteroatoms. The van der Waals surface area contributed by atoms with E-state index in [1.54, 1.807) is 4.90 Å². The Bertz CT molecular complexity index is 1030. The van der Waals surface area contributed by atoms with E-state index in [0.29, 0.717) is 26.2 Å². The summed E-state index contributed by atoms with van der Waals surface area (Å²) in [6, 6.07) is 10.6. The third kappa shape index (κ3) is 5.98. The molecule has 2 aromatic carbocycles. The van der Waals surface area contributed by atoms with Gasteiger partial charge in [-0.1, -0.05) is 29.8 Å². The van der Waals surface area contributed by atoms with Gasteiger partial charge in [-0.05, 0) is 12.5 Å². The van der Waals surface area contributed by atoms with Crippen molar-refractivity contribution in [2.24, 2.45) is 0 Å². The van der Waals surface area contributed by atoms with Crippen LogP contribution in [0.5, 0.6) is 11.5 Å². The Kier molecular flexibility index (Phi) is 7.83. The van der Waals surface area contributed by atoms with Crippen molar-refractivity contribution in [2.45, 2.75) is 13.5 Å². The average Bonchev–Trinajstić information content (AvgIpc) is 2.81. The molecule has 0 bridgehead atoms. The minimum atomic E-state index is -0.978. The number of benzene rings is 2. The van der Waals surface area contributed by atoms with Gasteiger partial charge in [-0.15, -0.1) is 0 Å². The second-order valence-electron chi connectivity index (χ2n) is 7.70. The molecule has 0 N–H and O–H groups in total. The number of amides is 1. The van der Waals surface area contributed by atoms with E-state index in [1.807, 2.05) is 6.07 Å². The van der Waals surface area contributed by atoms with Crippen molar-refractivity contribution in [3.63, 3.8) is 0 Å². The molecule has 176 valence electrons. The fraction of sp³-hybridized carbons (Fsp3) is 0.391. The van der Waals surface area contributed by atoms with Crippen LogP contribution >= 0.6 is 0 Å². The van der Waals surface area contributed by atoms with Crippen LogP contribution in [0.15, 0.2) is 36.4 Å². The van der Waals surface area contributed by atoms with Gasteiger partial charge in [-0.25, -0.2) is 4.79 Å². The van der Waals surface area contributed by atoms with Crippen LogP contribution in [0.4, 0.5) is 5.69 Å². The summed E-state index contributed by atoms with van der Waals surface area (Å²) in [7, 11) is 2.68. The van der Waals surface area contributed by atoms with E-state index in [0.717, 1.165) is 12.6 Å². The van der Waals surface area contributed by atoms with Gasteiger partial charge in [0.15, 0.2) is 18.1 Å². The number of aryl methyl sites for hydroxylation is 1. The number of hydrogen-bond acceptors (Lipinski definition) is 8. The predicted molar refractivity (Wildman–Crippen MR) is 120 cm³/mol. The molecule has 0 radical (unpaired) electrons. The Morgan fingerprint density at radius 3 is 2.30 bits per heavy atom. The van der Waals surface area contributed by atoms with Crippen LogP contribution in [0.2, 0.25) is 0 Å². The summed E-state index contributed by atoms with van der Waals surface area (Å²) in [5, 5.41) is 11.4. The minimum absolute atomic E-state index is 0.111. The Hall–Kier alpha value is -3.66. The van der Waals surface area contributed by atoms with E-state index in [4.69, 9.17) is 14.2 Å². The van der Waals surface area contributed by atoms with Gasteiger partial charge in [0.05, 0.1) is 25.2 Å². The fourth-order valence-corrected chi connectivity index (χ4v) is 3.70. The van der Waals surface area contributed by atoms with Crippen molar-refractivity contribution in [3.8, 4) is 11.5 Å². The maximum atomic E-state index is 12.5. The lowest BCUT2D eigenvalue weighted by Gasteiger charge is -2.34. The quantitative estimate of drug-likeness (QED) is 0.338. The van der Waals surface area contributed by atoms with Gasteiger partial charge in [0, 0.05) is 38.8 Å². The number of piperazine rings is 1. The van der Waals surface area contributed by atoms with Crippen LogP contribution in [-0.2, 0) is 16.1 Å². The highest BCUT2D eigenvalue weighted by Crippen LogP contribution is 2.34. The second-order valence-corrected chi connectivity index (χ2v) is 7.70. The molecule has 10 nitrogen and oxygen atoms in total. The van der Waals surface area contributed by atoms with Gasteiger partial charge in [0.25, 0.3) is 11.6 Å². The molecule has 33 heavy (non-hydrogen) atoms. The highest BCUT2D eigenvalue weighted by atomic mass is 16.6. The third-order valence-corrected chi connectivity index (χ3v) is 5.46. The summed E-state index contributed by atoms with van der Waals surface area (Å²) >= 11 is 0. The number of carbonyl (C=O) groups is 2. The molecule has 0 saturated carbocycles. The lowest BCUT2D eigenvalue weighted by molar-refractivity contribution is -0.385. The molecule has 1 fully saturated rings. The number of ether oxygens (including phenoxy) is 3. The van der Waals surface area contributed by atoms with Crippen molar-refractivity contribution in [1.29, 1.82) is 0 Å². The van der Waals surface area contributed by atoms with Gasteiger partial charge >= 0.3 is 5.97 Å². The molecule has 0 aromatic heterocycles. The Morgan fingerprint density at radius 1 is 1.03 bits per heavy atom. The van der Waals surface area contributed by atoms with Gasteiger partial charge in [-0.3, -0.25) is 19.8 Å². The van der Waals surface area contributed by atoms with Gasteiger partial charge in [-0.2, -0.15) is 0 Å². The zero-order valence-electron chi connectivity index (χ0n) is 18.9. The zero-order chi connectivity index (χ0) is 24.0. The molecule has 0 atom stereocenters. The molecule has 1 amide bonds. The van der Waals surface area contributed by atoms with Crippen LogP contribution in [0.25, 0.3) is 0 Å². The fourth-order valence-electron chi connectivity index (χ4n) is 3.70. The molecular weight excluding hydrogens is 430 g/mol. The van der Waals surface area contributed by atoms with Crippen molar-refractivity contribution >= 4 is 17.6 Å². The summed E-state index contributed by atoms with van der Waals surface area (Å²) in [6.45, 7) is 4.79. The standard InChI is InChI=1S/C23H27N3O7/c1-16-5-4-6-17(11-16)14-24-7-9-25(10-8-24)22(27)15-33-23(28)18-12-20(31-2)21(32-3)13-19(18)26(29)30/h4-6,11-13H,7-10,14-15H2,1-3H3. The molecule has 1 aliphatic rings. The van der Waals surface area contributed by atoms with Crippen molar-refractivity contribution in [2.75, 3.05) is 47.0 Å². The highest BCUT2D eigenvalue weighted by Gasteiger charge is 2.27. The molecule has 2 aromatic rings. The average molecular weight is 457 g/mol. The summed E-state index contributed by atoms with van der Waals surface area (Å²) in [4.78, 5) is 39.6. The zero-order valence-corrected chi connectivity index (χ0v) is 18.9. The summed E-state index contributed by atoms with van der Waals surface area (Å²) in [5.74, 6) is -1.07. The van der Waals surface area contributed by atoms with Crippen LogP contribution in [0.1, 0.15) is 21.5 Å². The Labute approximate surface area is 191 Å². The number of hydrogen-bond donors (Lipinski definition) is 0. The Morgan fingerprint density at radius 2 is 1.70 bits per heavy atom. The topological polar surface area (TPSA) is 111 Å². The number of carbonyl (C=O) groups excluding carboxylic acids is 2. The molecule has 1 heterocycles. The maximum absolute atomic E-state index is 12.5. The summed E-state index contributed by atoms with van der Waals surface area (Å²) in [5.41, 5.74) is 1.63. The van der Waals surface area contributed by atoms with Gasteiger partial charge in [0.1, 0.15) is 5.56 Å². The van der Waals surface area contributed by atoms with Crippen molar-refractivity contribution in [3.05, 3.63) is 63.2 Å². The normalized spacial score (nSPS) is 14.0. The number of nitro groups is 1. The van der Waals surface area contributed by atoms with Gasteiger partial charge in [0.2, 0.25) is 0 Å². The SMILES string of the molecule is COc1cc(C(=O)OCC(=O)N2CCN(Cc3cccc(C)c3)CC2)c([N+](=O)[O-])cc1OC. The van der Waals surface area contributed by atoms with E-state index in [-0.39, 0.29) is 23.0 Å². The predicted octanol–water partition coefficient (Wildman–Crippen LogP) is 2.42. The number of nitrogens with zero attached hydrogens (tertiary/aromatic N) is 3. The summed E-state index contributed by atoms with van der Waals surface area (Å²) in [6.07, 6.45) is 0. The monoisotopic (exact) mass is 457 g/mol. The first-order valence-corrected chi connectivity index (χ1v) is 10.5. The van der Waals surface area contributed by atoms with E-state index >= 15 is 0 Å². The number of esters is 1. The molecule has 0 aliphatic carbocycles. The first kappa shape index (κ1) is 24.0. The third-order valence-electron chi connectivity index (χ3n) is 5.46. The number of rotatable bonds is 8. The van der Waals surface area contributed by atoms with Crippen LogP contribution in [0, 0.1) is 17.0 Å². The van der Waals surface area contributed by atoms with E-state index < -0.39 is 23.2 Å². The molecule has 1 saturated heterocycles. The highest BCUT2D eigenvalue weighted by molar-refractivity contribution is 5.96. The molecule has 1 aliphatic heterocycles. The summed E-state index contributed by atoms with van der Waals surface area (Å²) < 4.78 is 15.2. The maximum Gasteiger partial charge on any atom is 0.345 e. The molecule has 0 spiro atoms. The van der Waals surface area contributed by atoms with E-state index in [2.05, 4.69) is 30.0 Å². The molecule has 3 rings (SSSR count). The first-order chi connectivity index (χ1) is 15.8. The number of nitro benzene ring substituents is 1. The van der Waals surface area contributed by atoms with Gasteiger partial charge < -0.3 is 19.1 Å². The van der Waals surface area contributed by atoms with Crippen LogP contribution < -0.4 is 9.47 Å². The minimum Gasteiger partial charge on any atom is -0.493 e. The van der Waals surface area contributed by atoms with Crippen molar-refractivity contribution < 1.29 is 28.7 Å². The lowest BCUT2D eigenvalue weighted by Crippen LogP contribution is -2.49. The lowest BCUT2D eigenvalue weighted by atomic mass is 10.1. The van der Waals surface area contributed by atoms with E-state index in [1.165, 1.54) is 31.4 Å². The van der Waals surface area contributed by atoms with Crippen LogP contribution in [-0.4, -0.2) is 73.6 Å². The molecule has 0 unspecified atom stereocenters. The van der Waals surface area contributed by atoms with E-state index in [9.17, 15) is 19.7 Å².